The second-order valence-corrected chi connectivity index (χ2v) is 8.87. The second-order valence-electron chi connectivity index (χ2n) is 7.64. The van der Waals surface area contributed by atoms with Gasteiger partial charge < -0.3 is 16.0 Å². The van der Waals surface area contributed by atoms with Gasteiger partial charge in [-0.2, -0.15) is 24.9 Å². The highest BCUT2D eigenvalue weighted by atomic mass is 32.2. The van der Waals surface area contributed by atoms with E-state index < -0.39 is 17.6 Å². The molecule has 0 unspecified atom stereocenters. The van der Waals surface area contributed by atoms with E-state index in [9.17, 15) is 18.0 Å². The van der Waals surface area contributed by atoms with Gasteiger partial charge in [-0.3, -0.25) is 4.79 Å². The van der Waals surface area contributed by atoms with Crippen molar-refractivity contribution in [2.45, 2.75) is 13.1 Å². The third-order valence-electron chi connectivity index (χ3n) is 5.41. The van der Waals surface area contributed by atoms with Crippen molar-refractivity contribution in [3.8, 4) is 11.1 Å². The van der Waals surface area contributed by atoms with Crippen LogP contribution in [0.1, 0.15) is 21.5 Å². The van der Waals surface area contributed by atoms with Crippen LogP contribution in [0.2, 0.25) is 0 Å². The van der Waals surface area contributed by atoms with Gasteiger partial charge in [0.2, 0.25) is 5.95 Å². The maximum atomic E-state index is 13.4. The lowest BCUT2D eigenvalue weighted by atomic mass is 10.00. The van der Waals surface area contributed by atoms with E-state index >= 15 is 0 Å². The number of halogens is 3. The fraction of sp³-hybridized carbons (Fsp3) is 0.261. The highest BCUT2D eigenvalue weighted by Gasteiger charge is 2.32. The van der Waals surface area contributed by atoms with Gasteiger partial charge in [-0.25, -0.2) is 9.97 Å². The van der Waals surface area contributed by atoms with Crippen LogP contribution in [0.4, 0.5) is 30.5 Å². The van der Waals surface area contributed by atoms with Crippen LogP contribution in [0.25, 0.3) is 11.1 Å². The molecule has 3 aromatic rings. The Hall–Kier alpha value is -3.27. The van der Waals surface area contributed by atoms with E-state index in [2.05, 4.69) is 15.3 Å². The number of rotatable bonds is 4. The number of nitrogens with zero attached hydrogens (tertiary/aromatic N) is 3. The number of carbonyl (C=O) groups is 1. The van der Waals surface area contributed by atoms with Crippen molar-refractivity contribution in [3.05, 3.63) is 65.5 Å². The predicted octanol–water partition coefficient (Wildman–Crippen LogP) is 4.86. The first-order valence-corrected chi connectivity index (χ1v) is 11.4. The lowest BCUT2D eigenvalue weighted by Crippen LogP contribution is -2.33. The number of nitrogens with one attached hydrogen (secondary N) is 1. The highest BCUT2D eigenvalue weighted by Crippen LogP contribution is 2.36. The van der Waals surface area contributed by atoms with Crippen LogP contribution in [0.3, 0.4) is 0 Å². The summed E-state index contributed by atoms with van der Waals surface area (Å²) >= 11 is 1.79. The molecule has 172 valence electrons. The van der Waals surface area contributed by atoms with Gasteiger partial charge in [0.1, 0.15) is 0 Å². The van der Waals surface area contributed by atoms with Crippen LogP contribution in [0, 0.1) is 6.92 Å². The fourth-order valence-electron chi connectivity index (χ4n) is 3.64. The number of hydrogen-bond donors (Lipinski definition) is 2. The number of anilines is 3. The van der Waals surface area contributed by atoms with Gasteiger partial charge in [-0.1, -0.05) is 6.07 Å². The zero-order valence-electron chi connectivity index (χ0n) is 17.8. The number of nitrogen functional groups attached to an aromatic ring is 1. The third-order valence-corrected chi connectivity index (χ3v) is 6.35. The van der Waals surface area contributed by atoms with Crippen molar-refractivity contribution in [2.24, 2.45) is 0 Å². The molecule has 0 atom stereocenters. The average molecular weight is 474 g/mol. The fourth-order valence-corrected chi connectivity index (χ4v) is 4.54. The first-order chi connectivity index (χ1) is 15.7. The van der Waals surface area contributed by atoms with Crippen molar-refractivity contribution < 1.29 is 18.0 Å². The van der Waals surface area contributed by atoms with Crippen molar-refractivity contribution >= 4 is 35.0 Å². The standard InChI is InChI=1S/C23H22F3N5OS/c1-14-2-3-15(10-18(14)16-12-28-22(27)29-13-16)21(32)30-19-11-17(23(24,25)26)4-5-20(19)31-6-8-33-9-7-31/h2-5,10-13H,6-9H2,1H3,(H,30,32)(H2,27,28,29). The lowest BCUT2D eigenvalue weighted by Gasteiger charge is -2.30. The smallest absolute Gasteiger partial charge is 0.368 e. The molecular weight excluding hydrogens is 451 g/mol. The Balaban J connectivity index is 1.67. The zero-order chi connectivity index (χ0) is 23.6. The van der Waals surface area contributed by atoms with Crippen LogP contribution in [0.5, 0.6) is 0 Å². The normalized spacial score (nSPS) is 14.2. The highest BCUT2D eigenvalue weighted by molar-refractivity contribution is 7.99. The van der Waals surface area contributed by atoms with Gasteiger partial charge in [0.15, 0.2) is 0 Å². The predicted molar refractivity (Wildman–Crippen MR) is 126 cm³/mol. The molecule has 3 N–H and O–H groups in total. The third kappa shape index (κ3) is 5.22. The van der Waals surface area contributed by atoms with E-state index in [0.29, 0.717) is 29.9 Å². The SMILES string of the molecule is Cc1ccc(C(=O)Nc2cc(C(F)(F)F)ccc2N2CCSCC2)cc1-c1cnc(N)nc1. The summed E-state index contributed by atoms with van der Waals surface area (Å²) in [6.07, 6.45) is -1.39. The number of benzene rings is 2. The van der Waals surface area contributed by atoms with Gasteiger partial charge >= 0.3 is 6.18 Å². The molecule has 0 saturated carbocycles. The minimum atomic E-state index is -4.51. The molecule has 2 aromatic carbocycles. The lowest BCUT2D eigenvalue weighted by molar-refractivity contribution is -0.137. The summed E-state index contributed by atoms with van der Waals surface area (Å²) in [4.78, 5) is 23.1. The molecule has 1 saturated heterocycles. The largest absolute Gasteiger partial charge is 0.416 e. The van der Waals surface area contributed by atoms with E-state index in [1.165, 1.54) is 6.07 Å². The molecule has 0 bridgehead atoms. The van der Waals surface area contributed by atoms with Crippen molar-refractivity contribution in [1.82, 2.24) is 9.97 Å². The molecule has 1 aliphatic rings. The molecule has 1 aliphatic heterocycles. The number of aromatic nitrogens is 2. The van der Waals surface area contributed by atoms with Crippen LogP contribution in [-0.4, -0.2) is 40.5 Å². The number of aryl methyl sites for hydroxylation is 1. The van der Waals surface area contributed by atoms with Gasteiger partial charge in [-0.15, -0.1) is 0 Å². The molecule has 0 spiro atoms. The van der Waals surface area contributed by atoms with Gasteiger partial charge in [0, 0.05) is 48.1 Å². The first-order valence-electron chi connectivity index (χ1n) is 10.3. The van der Waals surface area contributed by atoms with E-state index in [0.717, 1.165) is 34.8 Å². The second kappa shape index (κ2) is 9.30. The van der Waals surface area contributed by atoms with E-state index in [4.69, 9.17) is 5.73 Å². The number of thioether (sulfide) groups is 1. The molecule has 1 amide bonds. The monoisotopic (exact) mass is 473 g/mol. The number of carbonyl (C=O) groups excluding carboxylic acids is 1. The zero-order valence-corrected chi connectivity index (χ0v) is 18.6. The van der Waals surface area contributed by atoms with Crippen LogP contribution < -0.4 is 16.0 Å². The maximum Gasteiger partial charge on any atom is 0.416 e. The first kappa shape index (κ1) is 22.9. The summed E-state index contributed by atoms with van der Waals surface area (Å²) in [5, 5.41) is 2.71. The van der Waals surface area contributed by atoms with Crippen molar-refractivity contribution in [1.29, 1.82) is 0 Å². The van der Waals surface area contributed by atoms with Crippen LogP contribution in [0.15, 0.2) is 48.8 Å². The van der Waals surface area contributed by atoms with Crippen molar-refractivity contribution in [2.75, 3.05) is 40.5 Å². The summed E-state index contributed by atoms with van der Waals surface area (Å²) in [6, 6.07) is 8.56. The van der Waals surface area contributed by atoms with Crippen molar-refractivity contribution in [3.63, 3.8) is 0 Å². The number of hydrogen-bond acceptors (Lipinski definition) is 6. The quantitative estimate of drug-likeness (QED) is 0.563. The minimum absolute atomic E-state index is 0.137. The molecular formula is C23H22F3N5OS. The Labute approximate surface area is 193 Å². The van der Waals surface area contributed by atoms with Gasteiger partial charge in [0.05, 0.1) is 16.9 Å². The Bertz CT molecular complexity index is 1160. The maximum absolute atomic E-state index is 13.4. The van der Waals surface area contributed by atoms with Crippen LogP contribution in [-0.2, 0) is 6.18 Å². The Morgan fingerprint density at radius 2 is 1.79 bits per heavy atom. The molecule has 6 nitrogen and oxygen atoms in total. The molecule has 1 fully saturated rings. The molecule has 1 aromatic heterocycles. The van der Waals surface area contributed by atoms with Gasteiger partial charge in [0.25, 0.3) is 5.91 Å². The molecule has 2 heterocycles. The van der Waals surface area contributed by atoms with E-state index in [1.807, 2.05) is 11.8 Å². The van der Waals surface area contributed by atoms with Gasteiger partial charge in [-0.05, 0) is 48.4 Å². The summed E-state index contributed by atoms with van der Waals surface area (Å²) in [5.74, 6) is 1.39. The number of nitrogens with two attached hydrogens (primary N) is 1. The Kier molecular flexibility index (Phi) is 6.46. The molecule has 4 rings (SSSR count). The van der Waals surface area contributed by atoms with Crippen LogP contribution >= 0.6 is 11.8 Å². The molecule has 0 aliphatic carbocycles. The summed E-state index contributed by atoms with van der Waals surface area (Å²) < 4.78 is 40.1. The number of amides is 1. The van der Waals surface area contributed by atoms with E-state index in [1.54, 1.807) is 42.4 Å². The average Bonchev–Trinajstić information content (AvgIpc) is 2.80. The Morgan fingerprint density at radius 3 is 2.45 bits per heavy atom. The summed E-state index contributed by atoms with van der Waals surface area (Å²) in [6.45, 7) is 3.28. The summed E-state index contributed by atoms with van der Waals surface area (Å²) in [7, 11) is 0. The molecule has 0 radical (unpaired) electrons. The summed E-state index contributed by atoms with van der Waals surface area (Å²) in [5.41, 5.74) is 8.09. The number of alkyl halides is 3. The topological polar surface area (TPSA) is 84.1 Å². The Morgan fingerprint density at radius 1 is 1.09 bits per heavy atom. The molecule has 33 heavy (non-hydrogen) atoms. The minimum Gasteiger partial charge on any atom is -0.368 e. The van der Waals surface area contributed by atoms with E-state index in [-0.39, 0.29) is 11.6 Å². The molecule has 10 heteroatoms.